The van der Waals surface area contributed by atoms with Crippen molar-refractivity contribution in [3.63, 3.8) is 0 Å². The maximum absolute atomic E-state index is 12.4. The molecule has 0 fully saturated rings. The van der Waals surface area contributed by atoms with Gasteiger partial charge >= 0.3 is 0 Å². The Hall–Kier alpha value is -2.60. The van der Waals surface area contributed by atoms with Gasteiger partial charge in [-0.25, -0.2) is 4.68 Å². The van der Waals surface area contributed by atoms with Gasteiger partial charge in [-0.3, -0.25) is 9.48 Å². The molecule has 0 bridgehead atoms. The van der Waals surface area contributed by atoms with Crippen LogP contribution in [0.25, 0.3) is 0 Å². The van der Waals surface area contributed by atoms with Gasteiger partial charge in [0.15, 0.2) is 0 Å². The molecule has 0 aliphatic rings. The minimum absolute atomic E-state index is 0.158. The number of nitrogens with zero attached hydrogens (tertiary/aromatic N) is 4. The van der Waals surface area contributed by atoms with Crippen LogP contribution in [0.3, 0.4) is 0 Å². The van der Waals surface area contributed by atoms with Crippen molar-refractivity contribution in [3.8, 4) is 0 Å². The summed E-state index contributed by atoms with van der Waals surface area (Å²) in [6.07, 6.45) is 5.30. The normalized spacial score (nSPS) is 11.5. The third-order valence-electron chi connectivity index (χ3n) is 3.96. The molecule has 1 aromatic carbocycles. The Kier molecular flexibility index (Phi) is 5.13. The highest BCUT2D eigenvalue weighted by molar-refractivity contribution is 6.32. The molecule has 2 heterocycles. The van der Waals surface area contributed by atoms with Gasteiger partial charge in [0.25, 0.3) is 5.56 Å². The van der Waals surface area contributed by atoms with Gasteiger partial charge in [-0.15, -0.1) is 0 Å². The van der Waals surface area contributed by atoms with E-state index in [-0.39, 0.29) is 10.6 Å². The fourth-order valence-electron chi connectivity index (χ4n) is 2.57. The Balaban J connectivity index is 1.67. The molecule has 0 atom stereocenters. The van der Waals surface area contributed by atoms with E-state index in [1.54, 1.807) is 12.4 Å². The van der Waals surface area contributed by atoms with Crippen molar-refractivity contribution < 1.29 is 0 Å². The molecule has 7 heteroatoms. The van der Waals surface area contributed by atoms with E-state index in [1.165, 1.54) is 10.2 Å². The quantitative estimate of drug-likeness (QED) is 0.745. The van der Waals surface area contributed by atoms with E-state index in [9.17, 15) is 4.79 Å². The van der Waals surface area contributed by atoms with Crippen LogP contribution in [0.1, 0.15) is 31.9 Å². The van der Waals surface area contributed by atoms with Crippen molar-refractivity contribution in [2.24, 2.45) is 0 Å². The van der Waals surface area contributed by atoms with Crippen molar-refractivity contribution in [1.29, 1.82) is 0 Å². The van der Waals surface area contributed by atoms with E-state index >= 15 is 0 Å². The molecule has 6 nitrogen and oxygen atoms in total. The van der Waals surface area contributed by atoms with Gasteiger partial charge in [0.2, 0.25) is 0 Å². The SMILES string of the molecule is CC(C)(C)n1ncc(NCc2ccc(Cn3cccn3)cc2)c(Cl)c1=O. The number of halogens is 1. The van der Waals surface area contributed by atoms with Crippen LogP contribution >= 0.6 is 11.6 Å². The average molecular weight is 372 g/mol. The third kappa shape index (κ3) is 4.14. The summed E-state index contributed by atoms with van der Waals surface area (Å²) < 4.78 is 3.27. The maximum atomic E-state index is 12.4. The number of nitrogens with one attached hydrogen (secondary N) is 1. The largest absolute Gasteiger partial charge is 0.378 e. The molecule has 1 N–H and O–H groups in total. The van der Waals surface area contributed by atoms with E-state index in [0.29, 0.717) is 12.2 Å². The first-order valence-corrected chi connectivity index (χ1v) is 8.80. The number of anilines is 1. The molecule has 0 radical (unpaired) electrons. The van der Waals surface area contributed by atoms with Crippen LogP contribution in [0.4, 0.5) is 5.69 Å². The first kappa shape index (κ1) is 18.2. The van der Waals surface area contributed by atoms with Gasteiger partial charge in [-0.05, 0) is 38.0 Å². The zero-order valence-corrected chi connectivity index (χ0v) is 15.9. The van der Waals surface area contributed by atoms with Crippen LogP contribution in [0.15, 0.2) is 53.7 Å². The van der Waals surface area contributed by atoms with Crippen LogP contribution in [0.2, 0.25) is 5.02 Å². The summed E-state index contributed by atoms with van der Waals surface area (Å²) in [6.45, 7) is 7.03. The summed E-state index contributed by atoms with van der Waals surface area (Å²) in [5, 5.41) is 11.8. The van der Waals surface area contributed by atoms with Crippen molar-refractivity contribution in [2.45, 2.75) is 39.4 Å². The molecular weight excluding hydrogens is 350 g/mol. The van der Waals surface area contributed by atoms with E-state index in [1.807, 2.05) is 49.8 Å². The monoisotopic (exact) mass is 371 g/mol. The van der Waals surface area contributed by atoms with Gasteiger partial charge in [-0.1, -0.05) is 35.9 Å². The third-order valence-corrected chi connectivity index (χ3v) is 4.33. The molecule has 0 aliphatic heterocycles. The molecule has 3 rings (SSSR count). The van der Waals surface area contributed by atoms with Gasteiger partial charge in [0, 0.05) is 18.9 Å². The van der Waals surface area contributed by atoms with Crippen LogP contribution in [-0.2, 0) is 18.6 Å². The average Bonchev–Trinajstić information content (AvgIpc) is 3.09. The minimum Gasteiger partial charge on any atom is -0.378 e. The summed E-state index contributed by atoms with van der Waals surface area (Å²) in [5.41, 5.74) is 2.09. The van der Waals surface area contributed by atoms with Crippen LogP contribution in [0, 0.1) is 0 Å². The summed E-state index contributed by atoms with van der Waals surface area (Å²) in [5.74, 6) is 0. The Morgan fingerprint density at radius 1 is 1.12 bits per heavy atom. The Morgan fingerprint density at radius 2 is 1.81 bits per heavy atom. The molecule has 3 aromatic rings. The number of hydrogen-bond acceptors (Lipinski definition) is 4. The van der Waals surface area contributed by atoms with Crippen molar-refractivity contribution in [2.75, 3.05) is 5.32 Å². The molecule has 2 aromatic heterocycles. The minimum atomic E-state index is -0.413. The molecule has 0 saturated heterocycles. The molecule has 26 heavy (non-hydrogen) atoms. The number of rotatable bonds is 5. The van der Waals surface area contributed by atoms with E-state index in [0.717, 1.165) is 12.1 Å². The fourth-order valence-corrected chi connectivity index (χ4v) is 2.77. The van der Waals surface area contributed by atoms with Gasteiger partial charge < -0.3 is 5.32 Å². The Labute approximate surface area is 157 Å². The van der Waals surface area contributed by atoms with E-state index in [4.69, 9.17) is 11.6 Å². The highest BCUT2D eigenvalue weighted by Gasteiger charge is 2.19. The van der Waals surface area contributed by atoms with Crippen LogP contribution in [0.5, 0.6) is 0 Å². The molecule has 0 unspecified atom stereocenters. The predicted molar refractivity (Wildman–Crippen MR) is 104 cm³/mol. The van der Waals surface area contributed by atoms with Crippen LogP contribution < -0.4 is 10.9 Å². The highest BCUT2D eigenvalue weighted by atomic mass is 35.5. The van der Waals surface area contributed by atoms with Crippen molar-refractivity contribution >= 4 is 17.3 Å². The molecule has 0 amide bonds. The lowest BCUT2D eigenvalue weighted by Gasteiger charge is -2.21. The lowest BCUT2D eigenvalue weighted by atomic mass is 10.1. The number of benzene rings is 1. The summed E-state index contributed by atoms with van der Waals surface area (Å²) in [7, 11) is 0. The first-order valence-electron chi connectivity index (χ1n) is 8.42. The van der Waals surface area contributed by atoms with Crippen LogP contribution in [-0.4, -0.2) is 19.6 Å². The zero-order valence-electron chi connectivity index (χ0n) is 15.1. The second kappa shape index (κ2) is 7.33. The lowest BCUT2D eigenvalue weighted by molar-refractivity contribution is 0.338. The van der Waals surface area contributed by atoms with E-state index in [2.05, 4.69) is 27.6 Å². The van der Waals surface area contributed by atoms with Gasteiger partial charge in [-0.2, -0.15) is 10.2 Å². The lowest BCUT2D eigenvalue weighted by Crippen LogP contribution is -2.36. The molecular formula is C19H22ClN5O. The number of hydrogen-bond donors (Lipinski definition) is 1. The second-order valence-corrected chi connectivity index (χ2v) is 7.51. The van der Waals surface area contributed by atoms with Crippen molar-refractivity contribution in [3.05, 3.63) is 75.4 Å². The predicted octanol–water partition coefficient (Wildman–Crippen LogP) is 3.51. The summed E-state index contributed by atoms with van der Waals surface area (Å²) >= 11 is 6.23. The molecule has 0 saturated carbocycles. The van der Waals surface area contributed by atoms with Gasteiger partial charge in [0.1, 0.15) is 5.02 Å². The Morgan fingerprint density at radius 3 is 2.42 bits per heavy atom. The molecule has 0 spiro atoms. The maximum Gasteiger partial charge on any atom is 0.288 e. The molecule has 136 valence electrons. The van der Waals surface area contributed by atoms with Crippen molar-refractivity contribution in [1.82, 2.24) is 19.6 Å². The number of aromatic nitrogens is 4. The second-order valence-electron chi connectivity index (χ2n) is 7.13. The van der Waals surface area contributed by atoms with E-state index < -0.39 is 5.54 Å². The summed E-state index contributed by atoms with van der Waals surface area (Å²) in [4.78, 5) is 12.4. The zero-order chi connectivity index (χ0) is 18.7. The smallest absolute Gasteiger partial charge is 0.288 e. The standard InChI is InChI=1S/C19H22ClN5O/c1-19(2,3)25-18(26)17(20)16(12-23-25)21-11-14-5-7-15(8-6-14)13-24-10-4-9-22-24/h4-10,12,21H,11,13H2,1-3H3. The first-order chi connectivity index (χ1) is 12.3. The highest BCUT2D eigenvalue weighted by Crippen LogP contribution is 2.19. The topological polar surface area (TPSA) is 64.7 Å². The fraction of sp³-hybridized carbons (Fsp3) is 0.316. The molecule has 0 aliphatic carbocycles. The van der Waals surface area contributed by atoms with Gasteiger partial charge in [0.05, 0.1) is 24.0 Å². The Bertz CT molecular complexity index is 924. The summed E-state index contributed by atoms with van der Waals surface area (Å²) in [6, 6.07) is 10.1.